The van der Waals surface area contributed by atoms with Gasteiger partial charge in [-0.2, -0.15) is 0 Å². The van der Waals surface area contributed by atoms with Gasteiger partial charge in [0.1, 0.15) is 5.88 Å². The number of aromatic amines is 1. The number of sulfone groups is 1. The molecule has 0 bridgehead atoms. The fourth-order valence-electron chi connectivity index (χ4n) is 2.84. The molecule has 1 N–H and O–H groups in total. The number of nitrogens with one attached hydrogen (secondary N) is 1. The maximum Gasteiger partial charge on any atom is 0.329 e. The molecule has 0 aliphatic heterocycles. The summed E-state index contributed by atoms with van der Waals surface area (Å²) >= 11 is 0. The Bertz CT molecular complexity index is 1180. The van der Waals surface area contributed by atoms with Gasteiger partial charge in [0.2, 0.25) is 0 Å². The van der Waals surface area contributed by atoms with Crippen LogP contribution in [0.4, 0.5) is 0 Å². The maximum atomic E-state index is 12.6. The van der Waals surface area contributed by atoms with E-state index >= 15 is 0 Å². The first kappa shape index (κ1) is 17.2. The van der Waals surface area contributed by atoms with E-state index in [-0.39, 0.29) is 0 Å². The van der Waals surface area contributed by atoms with Crippen LogP contribution < -0.4 is 11.2 Å². The molecular formula is C17H19N3O4S. The second-order valence-corrected chi connectivity index (χ2v) is 8.43. The SMILES string of the molecule is Cc1cc2[nH]c(=O)n(CS(C)(=O)=O)c(=O)c2cc1Cn1cccc1C. The van der Waals surface area contributed by atoms with Crippen molar-refractivity contribution in [2.45, 2.75) is 26.3 Å². The van der Waals surface area contributed by atoms with Crippen LogP contribution in [0.25, 0.3) is 10.9 Å². The molecule has 3 aromatic rings. The minimum Gasteiger partial charge on any atom is -0.347 e. The quantitative estimate of drug-likeness (QED) is 0.754. The first-order valence-corrected chi connectivity index (χ1v) is 9.77. The van der Waals surface area contributed by atoms with Gasteiger partial charge in [-0.05, 0) is 49.2 Å². The molecule has 0 aliphatic rings. The lowest BCUT2D eigenvalue weighted by atomic mass is 10.1. The molecule has 0 aliphatic carbocycles. The lowest BCUT2D eigenvalue weighted by molar-refractivity contribution is 0.584. The Morgan fingerprint density at radius 3 is 2.48 bits per heavy atom. The minimum absolute atomic E-state index is 0.300. The second kappa shape index (κ2) is 6.03. The van der Waals surface area contributed by atoms with Crippen LogP contribution in [-0.4, -0.2) is 28.8 Å². The monoisotopic (exact) mass is 361 g/mol. The van der Waals surface area contributed by atoms with Crippen molar-refractivity contribution in [3.05, 3.63) is 68.1 Å². The number of benzene rings is 1. The Balaban J connectivity index is 2.20. The molecule has 8 heteroatoms. The van der Waals surface area contributed by atoms with Crippen LogP contribution >= 0.6 is 0 Å². The van der Waals surface area contributed by atoms with Crippen molar-refractivity contribution >= 4 is 20.7 Å². The topological polar surface area (TPSA) is 93.9 Å². The molecule has 2 heterocycles. The summed E-state index contributed by atoms with van der Waals surface area (Å²) in [7, 11) is -3.52. The van der Waals surface area contributed by atoms with Crippen LogP contribution in [0.15, 0.2) is 40.1 Å². The molecule has 0 atom stereocenters. The summed E-state index contributed by atoms with van der Waals surface area (Å²) in [4.78, 5) is 27.3. The van der Waals surface area contributed by atoms with Crippen molar-refractivity contribution in [1.82, 2.24) is 14.1 Å². The fourth-order valence-corrected chi connectivity index (χ4v) is 3.54. The normalized spacial score (nSPS) is 12.0. The Morgan fingerprint density at radius 1 is 1.16 bits per heavy atom. The van der Waals surface area contributed by atoms with Crippen LogP contribution in [0, 0.1) is 13.8 Å². The molecule has 25 heavy (non-hydrogen) atoms. The summed E-state index contributed by atoms with van der Waals surface area (Å²) < 4.78 is 25.8. The van der Waals surface area contributed by atoms with Crippen molar-refractivity contribution in [2.24, 2.45) is 0 Å². The number of nitrogens with zero attached hydrogens (tertiary/aromatic N) is 2. The summed E-state index contributed by atoms with van der Waals surface area (Å²) in [6.45, 7) is 4.49. The lowest BCUT2D eigenvalue weighted by Crippen LogP contribution is -2.37. The minimum atomic E-state index is -3.52. The molecule has 2 aromatic heterocycles. The largest absolute Gasteiger partial charge is 0.347 e. The summed E-state index contributed by atoms with van der Waals surface area (Å²) in [6, 6.07) is 7.41. The highest BCUT2D eigenvalue weighted by molar-refractivity contribution is 7.89. The van der Waals surface area contributed by atoms with E-state index < -0.39 is 27.0 Å². The fraction of sp³-hybridized carbons (Fsp3) is 0.294. The molecule has 132 valence electrons. The molecule has 3 rings (SSSR count). The molecule has 1 aromatic carbocycles. The predicted molar refractivity (Wildman–Crippen MR) is 96.7 cm³/mol. The van der Waals surface area contributed by atoms with Gasteiger partial charge < -0.3 is 9.55 Å². The summed E-state index contributed by atoms with van der Waals surface area (Å²) in [6.07, 6.45) is 2.94. The van der Waals surface area contributed by atoms with Crippen LogP contribution in [-0.2, 0) is 22.3 Å². The Kier molecular flexibility index (Phi) is 4.16. The van der Waals surface area contributed by atoms with Gasteiger partial charge in [-0.3, -0.25) is 4.79 Å². The van der Waals surface area contributed by atoms with E-state index in [4.69, 9.17) is 0 Å². The van der Waals surface area contributed by atoms with Crippen molar-refractivity contribution in [2.75, 3.05) is 6.26 Å². The van der Waals surface area contributed by atoms with Gasteiger partial charge in [0.05, 0.1) is 10.9 Å². The third kappa shape index (κ3) is 3.43. The lowest BCUT2D eigenvalue weighted by Gasteiger charge is -2.12. The molecule has 0 saturated heterocycles. The van der Waals surface area contributed by atoms with Gasteiger partial charge in [-0.25, -0.2) is 17.8 Å². The number of hydrogen-bond acceptors (Lipinski definition) is 4. The van der Waals surface area contributed by atoms with Crippen molar-refractivity contribution in [1.29, 1.82) is 0 Å². The average molecular weight is 361 g/mol. The number of H-pyrrole nitrogens is 1. The average Bonchev–Trinajstić information content (AvgIpc) is 2.89. The second-order valence-electron chi connectivity index (χ2n) is 6.32. The van der Waals surface area contributed by atoms with Crippen molar-refractivity contribution in [3.8, 4) is 0 Å². The molecule has 0 fully saturated rings. The van der Waals surface area contributed by atoms with Gasteiger partial charge in [0, 0.05) is 24.7 Å². The molecule has 0 radical (unpaired) electrons. The van der Waals surface area contributed by atoms with Gasteiger partial charge in [0.25, 0.3) is 5.56 Å². The van der Waals surface area contributed by atoms with Crippen molar-refractivity contribution in [3.63, 3.8) is 0 Å². The van der Waals surface area contributed by atoms with Crippen LogP contribution in [0.2, 0.25) is 0 Å². The maximum absolute atomic E-state index is 12.6. The van der Waals surface area contributed by atoms with E-state index in [9.17, 15) is 18.0 Å². The van der Waals surface area contributed by atoms with Crippen LogP contribution in [0.3, 0.4) is 0 Å². The van der Waals surface area contributed by atoms with E-state index in [1.807, 2.05) is 32.2 Å². The summed E-state index contributed by atoms with van der Waals surface area (Å²) in [5, 5.41) is 0.300. The number of aromatic nitrogens is 3. The van der Waals surface area contributed by atoms with Crippen LogP contribution in [0.5, 0.6) is 0 Å². The Hall–Kier alpha value is -2.61. The van der Waals surface area contributed by atoms with E-state index in [0.29, 0.717) is 17.4 Å². The summed E-state index contributed by atoms with van der Waals surface area (Å²) in [5.74, 6) is -0.642. The molecule has 0 spiro atoms. The predicted octanol–water partition coefficient (Wildman–Crippen LogP) is 1.16. The highest BCUT2D eigenvalue weighted by atomic mass is 32.2. The molecule has 0 unspecified atom stereocenters. The Labute approximate surface area is 144 Å². The van der Waals surface area contributed by atoms with Gasteiger partial charge in [0.15, 0.2) is 9.84 Å². The highest BCUT2D eigenvalue weighted by Gasteiger charge is 2.14. The molecule has 0 amide bonds. The molecule has 0 saturated carbocycles. The van der Waals surface area contributed by atoms with Crippen molar-refractivity contribution < 1.29 is 8.42 Å². The number of rotatable bonds is 4. The van der Waals surface area contributed by atoms with E-state index in [1.54, 1.807) is 12.1 Å². The standard InChI is InChI=1S/C17H19N3O4S/c1-11-7-15-14(8-13(11)9-19-6-4-5-12(19)2)16(21)20(17(22)18-15)10-25(3,23)24/h4-8H,9-10H2,1-3H3,(H,18,22). The van der Waals surface area contributed by atoms with E-state index in [0.717, 1.165) is 27.6 Å². The van der Waals surface area contributed by atoms with Gasteiger partial charge in [-0.15, -0.1) is 0 Å². The molecular weight excluding hydrogens is 342 g/mol. The van der Waals surface area contributed by atoms with Gasteiger partial charge >= 0.3 is 5.69 Å². The number of fused-ring (bicyclic) bond motifs is 1. The number of aryl methyl sites for hydroxylation is 2. The molecule has 7 nitrogen and oxygen atoms in total. The van der Waals surface area contributed by atoms with Crippen LogP contribution in [0.1, 0.15) is 16.8 Å². The highest BCUT2D eigenvalue weighted by Crippen LogP contribution is 2.17. The van der Waals surface area contributed by atoms with E-state index in [2.05, 4.69) is 9.55 Å². The third-order valence-corrected chi connectivity index (χ3v) is 4.93. The zero-order valence-corrected chi connectivity index (χ0v) is 15.1. The third-order valence-electron chi connectivity index (χ3n) is 4.20. The first-order valence-electron chi connectivity index (χ1n) is 7.71. The zero-order chi connectivity index (χ0) is 18.4. The first-order chi connectivity index (χ1) is 11.7. The zero-order valence-electron chi connectivity index (χ0n) is 14.2. The summed E-state index contributed by atoms with van der Waals surface area (Å²) in [5.41, 5.74) is 2.05. The number of hydrogen-bond donors (Lipinski definition) is 1. The smallest absolute Gasteiger partial charge is 0.329 e. The Morgan fingerprint density at radius 2 is 1.88 bits per heavy atom. The van der Waals surface area contributed by atoms with Gasteiger partial charge in [-0.1, -0.05) is 0 Å². The van der Waals surface area contributed by atoms with E-state index in [1.165, 1.54) is 0 Å².